The number of nitrogens with two attached hydrogens (primary N) is 1. The second-order valence-electron chi connectivity index (χ2n) is 6.47. The summed E-state index contributed by atoms with van der Waals surface area (Å²) in [5.74, 6) is 0.627. The van der Waals surface area contributed by atoms with Gasteiger partial charge in [0.15, 0.2) is 0 Å². The molecule has 2 N–H and O–H groups in total. The number of nitrogens with zero attached hydrogens (tertiary/aromatic N) is 1. The SMILES string of the molecule is CCC(N)C(c1cccc(C)c1)N1CCC(C)C(OC)C1. The standard InChI is InChI=1S/C18H30N2O/c1-5-16(19)18(15-8-6-7-13(2)11-15)20-10-9-14(3)17(12-20)21-4/h6-8,11,14,16-18H,5,9-10,12,19H2,1-4H3. The van der Waals surface area contributed by atoms with E-state index in [0.717, 1.165) is 19.5 Å². The van der Waals surface area contributed by atoms with Gasteiger partial charge in [0, 0.05) is 25.7 Å². The van der Waals surface area contributed by atoms with Crippen molar-refractivity contribution in [3.63, 3.8) is 0 Å². The molecule has 118 valence electrons. The highest BCUT2D eigenvalue weighted by atomic mass is 16.5. The van der Waals surface area contributed by atoms with Crippen LogP contribution in [0.3, 0.4) is 0 Å². The minimum absolute atomic E-state index is 0.165. The van der Waals surface area contributed by atoms with E-state index in [4.69, 9.17) is 10.5 Å². The summed E-state index contributed by atoms with van der Waals surface area (Å²) in [6.07, 6.45) is 2.48. The van der Waals surface area contributed by atoms with Crippen LogP contribution in [0, 0.1) is 12.8 Å². The maximum absolute atomic E-state index is 6.47. The number of hydrogen-bond acceptors (Lipinski definition) is 3. The molecule has 4 unspecified atom stereocenters. The first-order valence-electron chi connectivity index (χ1n) is 8.15. The molecule has 0 amide bonds. The molecule has 1 aliphatic rings. The maximum atomic E-state index is 6.47. The number of methoxy groups -OCH3 is 1. The third-order valence-electron chi connectivity index (χ3n) is 4.88. The number of hydrogen-bond donors (Lipinski definition) is 1. The number of rotatable bonds is 5. The van der Waals surface area contributed by atoms with E-state index < -0.39 is 0 Å². The Balaban J connectivity index is 2.24. The van der Waals surface area contributed by atoms with Gasteiger partial charge in [0.1, 0.15) is 0 Å². The summed E-state index contributed by atoms with van der Waals surface area (Å²) < 4.78 is 5.67. The van der Waals surface area contributed by atoms with Crippen molar-refractivity contribution in [1.29, 1.82) is 0 Å². The third-order valence-corrected chi connectivity index (χ3v) is 4.88. The van der Waals surface area contributed by atoms with Gasteiger partial charge in [-0.15, -0.1) is 0 Å². The van der Waals surface area contributed by atoms with Gasteiger partial charge >= 0.3 is 0 Å². The molecule has 2 rings (SSSR count). The molecule has 1 saturated heterocycles. The van der Waals surface area contributed by atoms with Gasteiger partial charge in [-0.1, -0.05) is 43.7 Å². The zero-order valence-corrected chi connectivity index (χ0v) is 13.9. The van der Waals surface area contributed by atoms with E-state index >= 15 is 0 Å². The first-order chi connectivity index (χ1) is 10.1. The molecule has 1 fully saturated rings. The fourth-order valence-corrected chi connectivity index (χ4v) is 3.42. The average Bonchev–Trinajstić information content (AvgIpc) is 2.49. The van der Waals surface area contributed by atoms with Gasteiger partial charge in [-0.2, -0.15) is 0 Å². The molecule has 21 heavy (non-hydrogen) atoms. The Morgan fingerprint density at radius 2 is 2.19 bits per heavy atom. The Hall–Kier alpha value is -0.900. The van der Waals surface area contributed by atoms with Crippen molar-refractivity contribution in [2.75, 3.05) is 20.2 Å². The Bertz CT molecular complexity index is 449. The quantitative estimate of drug-likeness (QED) is 0.905. The molecule has 0 saturated carbocycles. The fourth-order valence-electron chi connectivity index (χ4n) is 3.42. The third kappa shape index (κ3) is 3.85. The van der Waals surface area contributed by atoms with Crippen LogP contribution in [-0.4, -0.2) is 37.2 Å². The van der Waals surface area contributed by atoms with Crippen molar-refractivity contribution < 1.29 is 4.74 Å². The molecule has 0 aliphatic carbocycles. The van der Waals surface area contributed by atoms with Crippen molar-refractivity contribution in [3.8, 4) is 0 Å². The van der Waals surface area contributed by atoms with E-state index in [9.17, 15) is 0 Å². The number of likely N-dealkylation sites (tertiary alicyclic amines) is 1. The summed E-state index contributed by atoms with van der Waals surface area (Å²) in [5.41, 5.74) is 9.11. The predicted molar refractivity (Wildman–Crippen MR) is 88.3 cm³/mol. The van der Waals surface area contributed by atoms with Crippen LogP contribution >= 0.6 is 0 Å². The molecule has 0 bridgehead atoms. The van der Waals surface area contributed by atoms with Gasteiger partial charge in [0.05, 0.1) is 6.10 Å². The second-order valence-corrected chi connectivity index (χ2v) is 6.47. The highest BCUT2D eigenvalue weighted by molar-refractivity contribution is 5.26. The topological polar surface area (TPSA) is 38.5 Å². The lowest BCUT2D eigenvalue weighted by molar-refractivity contribution is -0.0234. The van der Waals surface area contributed by atoms with E-state index in [2.05, 4.69) is 49.9 Å². The van der Waals surface area contributed by atoms with E-state index in [1.54, 1.807) is 0 Å². The molecule has 0 spiro atoms. The van der Waals surface area contributed by atoms with Crippen molar-refractivity contribution in [2.24, 2.45) is 11.7 Å². The van der Waals surface area contributed by atoms with Gasteiger partial charge in [-0.05, 0) is 37.8 Å². The molecule has 1 aliphatic heterocycles. The summed E-state index contributed by atoms with van der Waals surface area (Å²) in [7, 11) is 1.83. The number of aryl methyl sites for hydroxylation is 1. The Kier molecular flexibility index (Phi) is 5.80. The highest BCUT2D eigenvalue weighted by Crippen LogP contribution is 2.31. The van der Waals surface area contributed by atoms with Crippen molar-refractivity contribution in [3.05, 3.63) is 35.4 Å². The van der Waals surface area contributed by atoms with Gasteiger partial charge in [0.25, 0.3) is 0 Å². The maximum Gasteiger partial charge on any atom is 0.0724 e. The Morgan fingerprint density at radius 1 is 1.43 bits per heavy atom. The molecule has 3 heteroatoms. The zero-order valence-electron chi connectivity index (χ0n) is 13.9. The van der Waals surface area contributed by atoms with Crippen LogP contribution in [-0.2, 0) is 4.74 Å². The summed E-state index contributed by atoms with van der Waals surface area (Å²) in [4.78, 5) is 2.52. The summed E-state index contributed by atoms with van der Waals surface area (Å²) >= 11 is 0. The van der Waals surface area contributed by atoms with Gasteiger partial charge in [0.2, 0.25) is 0 Å². The average molecular weight is 290 g/mol. The van der Waals surface area contributed by atoms with E-state index in [1.807, 2.05) is 7.11 Å². The van der Waals surface area contributed by atoms with Crippen LogP contribution in [0.4, 0.5) is 0 Å². The van der Waals surface area contributed by atoms with Gasteiger partial charge < -0.3 is 10.5 Å². The number of ether oxygens (including phenoxy) is 1. The minimum Gasteiger partial charge on any atom is -0.380 e. The van der Waals surface area contributed by atoms with Crippen LogP contribution < -0.4 is 5.73 Å². The molecule has 1 heterocycles. The molecule has 1 aromatic rings. The summed E-state index contributed by atoms with van der Waals surface area (Å²) in [6, 6.07) is 9.24. The van der Waals surface area contributed by atoms with Crippen LogP contribution in [0.5, 0.6) is 0 Å². The first kappa shape index (κ1) is 16.5. The van der Waals surface area contributed by atoms with E-state index in [0.29, 0.717) is 18.1 Å². The predicted octanol–water partition coefficient (Wildman–Crippen LogP) is 3.13. The minimum atomic E-state index is 0.165. The normalized spacial score (nSPS) is 26.5. The highest BCUT2D eigenvalue weighted by Gasteiger charge is 2.33. The number of benzene rings is 1. The second kappa shape index (κ2) is 7.39. The molecule has 0 radical (unpaired) electrons. The van der Waals surface area contributed by atoms with Crippen LogP contribution in [0.25, 0.3) is 0 Å². The largest absolute Gasteiger partial charge is 0.380 e. The van der Waals surface area contributed by atoms with Gasteiger partial charge in [-0.25, -0.2) is 0 Å². The van der Waals surface area contributed by atoms with E-state index in [1.165, 1.54) is 17.5 Å². The molecular formula is C18H30N2O. The molecule has 3 nitrogen and oxygen atoms in total. The molecule has 0 aromatic heterocycles. The monoisotopic (exact) mass is 290 g/mol. The summed E-state index contributed by atoms with van der Waals surface area (Å²) in [6.45, 7) is 8.69. The van der Waals surface area contributed by atoms with Crippen molar-refractivity contribution in [2.45, 2.75) is 51.8 Å². The van der Waals surface area contributed by atoms with Crippen molar-refractivity contribution in [1.82, 2.24) is 4.90 Å². The Labute approximate surface area is 129 Å². The lowest BCUT2D eigenvalue weighted by Crippen LogP contribution is -2.49. The molecule has 4 atom stereocenters. The lowest BCUT2D eigenvalue weighted by atomic mass is 9.89. The molecule has 1 aromatic carbocycles. The van der Waals surface area contributed by atoms with Gasteiger partial charge in [-0.3, -0.25) is 4.90 Å². The summed E-state index contributed by atoms with van der Waals surface area (Å²) in [5, 5.41) is 0. The van der Waals surface area contributed by atoms with Crippen LogP contribution in [0.1, 0.15) is 43.9 Å². The van der Waals surface area contributed by atoms with E-state index in [-0.39, 0.29) is 6.04 Å². The lowest BCUT2D eigenvalue weighted by Gasteiger charge is -2.43. The zero-order chi connectivity index (χ0) is 15.4. The van der Waals surface area contributed by atoms with Crippen LogP contribution in [0.2, 0.25) is 0 Å². The fraction of sp³-hybridized carbons (Fsp3) is 0.667. The molecular weight excluding hydrogens is 260 g/mol. The Morgan fingerprint density at radius 3 is 2.81 bits per heavy atom. The van der Waals surface area contributed by atoms with Crippen LogP contribution in [0.15, 0.2) is 24.3 Å². The van der Waals surface area contributed by atoms with Crippen molar-refractivity contribution >= 4 is 0 Å². The number of piperidine rings is 1. The smallest absolute Gasteiger partial charge is 0.0724 e. The first-order valence-corrected chi connectivity index (χ1v) is 8.15.